The minimum atomic E-state index is -0.720. The van der Waals surface area contributed by atoms with Gasteiger partial charge >= 0.3 is 5.97 Å². The van der Waals surface area contributed by atoms with Crippen LogP contribution in [0, 0.1) is 5.92 Å². The van der Waals surface area contributed by atoms with E-state index in [1.165, 1.54) is 0 Å². The third-order valence-corrected chi connectivity index (χ3v) is 4.01. The van der Waals surface area contributed by atoms with E-state index < -0.39 is 11.5 Å². The molecule has 98 valence electrons. The van der Waals surface area contributed by atoms with Crippen LogP contribution in [0.3, 0.4) is 0 Å². The van der Waals surface area contributed by atoms with Crippen molar-refractivity contribution in [2.45, 2.75) is 44.7 Å². The number of hydrogen-bond donors (Lipinski definition) is 2. The predicted octanol–water partition coefficient (Wildman–Crippen LogP) is 2.81. The van der Waals surface area contributed by atoms with Gasteiger partial charge in [0, 0.05) is 6.54 Å². The van der Waals surface area contributed by atoms with Crippen molar-refractivity contribution in [1.29, 1.82) is 0 Å². The van der Waals surface area contributed by atoms with Crippen LogP contribution in [0.25, 0.3) is 0 Å². The summed E-state index contributed by atoms with van der Waals surface area (Å²) in [7, 11) is 0. The van der Waals surface area contributed by atoms with Gasteiger partial charge in [-0.1, -0.05) is 37.3 Å². The van der Waals surface area contributed by atoms with Gasteiger partial charge in [-0.2, -0.15) is 0 Å². The molecule has 2 N–H and O–H groups in total. The Kier molecular flexibility index (Phi) is 4.02. The molecule has 3 heteroatoms. The first-order valence-corrected chi connectivity index (χ1v) is 6.65. The summed E-state index contributed by atoms with van der Waals surface area (Å²) in [5.41, 5.74) is 0.416. The Labute approximate surface area is 108 Å². The first-order valence-electron chi connectivity index (χ1n) is 6.65. The lowest BCUT2D eigenvalue weighted by atomic mass is 9.77. The van der Waals surface area contributed by atoms with Gasteiger partial charge in [-0.3, -0.25) is 10.1 Å². The van der Waals surface area contributed by atoms with Crippen molar-refractivity contribution in [3.63, 3.8) is 0 Å². The van der Waals surface area contributed by atoms with Crippen LogP contribution in [-0.4, -0.2) is 16.6 Å². The maximum atomic E-state index is 11.5. The van der Waals surface area contributed by atoms with Gasteiger partial charge in [0.1, 0.15) is 5.54 Å². The van der Waals surface area contributed by atoms with E-state index in [0.29, 0.717) is 12.5 Å². The summed E-state index contributed by atoms with van der Waals surface area (Å²) in [6, 6.07) is 9.97. The number of aliphatic carboxylic acids is 1. The average Bonchev–Trinajstić information content (AvgIpc) is 2.39. The molecule has 0 amide bonds. The van der Waals surface area contributed by atoms with E-state index in [-0.39, 0.29) is 0 Å². The minimum Gasteiger partial charge on any atom is -0.480 e. The lowest BCUT2D eigenvalue weighted by Crippen LogP contribution is -2.53. The van der Waals surface area contributed by atoms with Crippen molar-refractivity contribution >= 4 is 5.97 Å². The molecule has 0 aliphatic heterocycles. The lowest BCUT2D eigenvalue weighted by molar-refractivity contribution is -0.146. The van der Waals surface area contributed by atoms with Gasteiger partial charge in [0.05, 0.1) is 0 Å². The maximum Gasteiger partial charge on any atom is 0.323 e. The zero-order valence-electron chi connectivity index (χ0n) is 10.9. The molecular weight excluding hydrogens is 226 g/mol. The van der Waals surface area contributed by atoms with E-state index in [4.69, 9.17) is 0 Å². The number of benzene rings is 1. The Morgan fingerprint density at radius 2 is 1.94 bits per heavy atom. The monoisotopic (exact) mass is 247 g/mol. The van der Waals surface area contributed by atoms with Crippen LogP contribution in [0.1, 0.15) is 38.2 Å². The number of rotatable bonds is 4. The minimum absolute atomic E-state index is 0.627. The van der Waals surface area contributed by atoms with E-state index in [9.17, 15) is 9.90 Å². The molecule has 1 aromatic rings. The molecule has 18 heavy (non-hydrogen) atoms. The Bertz CT molecular complexity index is 394. The van der Waals surface area contributed by atoms with Crippen LogP contribution >= 0.6 is 0 Å². The SMILES string of the molecule is CC1CCC(NCc2ccccc2)(C(=O)O)CC1. The second kappa shape index (κ2) is 5.53. The molecule has 1 saturated carbocycles. The summed E-state index contributed by atoms with van der Waals surface area (Å²) in [5, 5.41) is 12.8. The quantitative estimate of drug-likeness (QED) is 0.860. The third kappa shape index (κ3) is 2.91. The molecule has 0 spiro atoms. The molecule has 1 aromatic carbocycles. The fourth-order valence-corrected chi connectivity index (χ4v) is 2.59. The molecule has 2 rings (SSSR count). The molecule has 0 saturated heterocycles. The van der Waals surface area contributed by atoms with Crippen LogP contribution in [0.5, 0.6) is 0 Å². The van der Waals surface area contributed by atoms with Gasteiger partial charge in [-0.05, 0) is 37.2 Å². The highest BCUT2D eigenvalue weighted by atomic mass is 16.4. The predicted molar refractivity (Wildman–Crippen MR) is 71.3 cm³/mol. The molecule has 0 unspecified atom stereocenters. The molecule has 0 bridgehead atoms. The second-order valence-electron chi connectivity index (χ2n) is 5.41. The van der Waals surface area contributed by atoms with Crippen molar-refractivity contribution in [2.24, 2.45) is 5.92 Å². The van der Waals surface area contributed by atoms with Crippen molar-refractivity contribution in [2.75, 3.05) is 0 Å². The smallest absolute Gasteiger partial charge is 0.323 e. The first-order chi connectivity index (χ1) is 8.62. The van der Waals surface area contributed by atoms with Crippen LogP contribution in [-0.2, 0) is 11.3 Å². The van der Waals surface area contributed by atoms with E-state index >= 15 is 0 Å². The zero-order chi connectivity index (χ0) is 13.0. The zero-order valence-corrected chi connectivity index (χ0v) is 10.9. The number of carboxylic acid groups (broad SMARTS) is 1. The Hall–Kier alpha value is -1.35. The molecule has 0 heterocycles. The lowest BCUT2D eigenvalue weighted by Gasteiger charge is -2.36. The Balaban J connectivity index is 2.01. The summed E-state index contributed by atoms with van der Waals surface area (Å²) in [4.78, 5) is 11.5. The Morgan fingerprint density at radius 3 is 2.50 bits per heavy atom. The normalized spacial score (nSPS) is 27.9. The fraction of sp³-hybridized carbons (Fsp3) is 0.533. The van der Waals surface area contributed by atoms with Crippen molar-refractivity contribution in [3.8, 4) is 0 Å². The van der Waals surface area contributed by atoms with Gasteiger partial charge in [-0.15, -0.1) is 0 Å². The van der Waals surface area contributed by atoms with Gasteiger partial charge < -0.3 is 5.11 Å². The summed E-state index contributed by atoms with van der Waals surface area (Å²) in [5.74, 6) is -0.0543. The fourth-order valence-electron chi connectivity index (χ4n) is 2.59. The summed E-state index contributed by atoms with van der Waals surface area (Å²) < 4.78 is 0. The van der Waals surface area contributed by atoms with Crippen LogP contribution in [0.15, 0.2) is 30.3 Å². The summed E-state index contributed by atoms with van der Waals surface area (Å²) in [6.45, 7) is 2.82. The average molecular weight is 247 g/mol. The highest BCUT2D eigenvalue weighted by Gasteiger charge is 2.40. The molecular formula is C15H21NO2. The Morgan fingerprint density at radius 1 is 1.33 bits per heavy atom. The van der Waals surface area contributed by atoms with Crippen molar-refractivity contribution in [3.05, 3.63) is 35.9 Å². The van der Waals surface area contributed by atoms with Crippen LogP contribution in [0.2, 0.25) is 0 Å². The van der Waals surface area contributed by atoms with E-state index in [2.05, 4.69) is 12.2 Å². The van der Waals surface area contributed by atoms with E-state index in [1.807, 2.05) is 30.3 Å². The summed E-state index contributed by atoms with van der Waals surface area (Å²) in [6.07, 6.45) is 3.45. The van der Waals surface area contributed by atoms with Gasteiger partial charge in [0.15, 0.2) is 0 Å². The van der Waals surface area contributed by atoms with Crippen LogP contribution in [0.4, 0.5) is 0 Å². The van der Waals surface area contributed by atoms with E-state index in [1.54, 1.807) is 0 Å². The standard InChI is InChI=1S/C15H21NO2/c1-12-7-9-15(10-8-12,14(17)18)16-11-13-5-3-2-4-6-13/h2-6,12,16H,7-11H2,1H3,(H,17,18). The third-order valence-electron chi connectivity index (χ3n) is 4.01. The number of carbonyl (C=O) groups is 1. The highest BCUT2D eigenvalue weighted by molar-refractivity contribution is 5.78. The molecule has 0 radical (unpaired) electrons. The number of carboxylic acids is 1. The largest absolute Gasteiger partial charge is 0.480 e. The molecule has 0 aromatic heterocycles. The molecule has 0 atom stereocenters. The first kappa shape index (κ1) is 13.1. The molecule has 1 aliphatic rings. The number of nitrogens with one attached hydrogen (secondary N) is 1. The number of hydrogen-bond acceptors (Lipinski definition) is 2. The molecule has 3 nitrogen and oxygen atoms in total. The van der Waals surface area contributed by atoms with Gasteiger partial charge in [0.2, 0.25) is 0 Å². The van der Waals surface area contributed by atoms with E-state index in [0.717, 1.165) is 31.2 Å². The highest BCUT2D eigenvalue weighted by Crippen LogP contribution is 2.32. The molecule has 1 fully saturated rings. The van der Waals surface area contributed by atoms with Gasteiger partial charge in [-0.25, -0.2) is 0 Å². The van der Waals surface area contributed by atoms with Gasteiger partial charge in [0.25, 0.3) is 0 Å². The maximum absolute atomic E-state index is 11.5. The topological polar surface area (TPSA) is 49.3 Å². The summed E-state index contributed by atoms with van der Waals surface area (Å²) >= 11 is 0. The molecule has 1 aliphatic carbocycles. The second-order valence-corrected chi connectivity index (χ2v) is 5.41. The van der Waals surface area contributed by atoms with Crippen molar-refractivity contribution < 1.29 is 9.90 Å². The van der Waals surface area contributed by atoms with Crippen LogP contribution < -0.4 is 5.32 Å². The van der Waals surface area contributed by atoms with Crippen molar-refractivity contribution in [1.82, 2.24) is 5.32 Å².